The number of ketones is 1. The molecule has 1 heterocycles. The number of benzene rings is 3. The highest BCUT2D eigenvalue weighted by Crippen LogP contribution is 2.40. The summed E-state index contributed by atoms with van der Waals surface area (Å²) in [5.74, 6) is -1.22. The summed E-state index contributed by atoms with van der Waals surface area (Å²) in [4.78, 5) is 40.3. The third-order valence-electron chi connectivity index (χ3n) is 6.58. The summed E-state index contributed by atoms with van der Waals surface area (Å²) in [7, 11) is 3.83. The normalized spacial score (nSPS) is 16.6. The Labute approximate surface area is 227 Å². The minimum atomic E-state index is -0.870. The van der Waals surface area contributed by atoms with Gasteiger partial charge in [-0.25, -0.2) is 0 Å². The summed E-state index contributed by atoms with van der Waals surface area (Å²) in [6.07, 6.45) is 0.608. The lowest BCUT2D eigenvalue weighted by Gasteiger charge is -2.26. The van der Waals surface area contributed by atoms with Crippen molar-refractivity contribution in [3.8, 4) is 5.75 Å². The van der Waals surface area contributed by atoms with E-state index in [1.54, 1.807) is 24.3 Å². The topological polar surface area (TPSA) is 113 Å². The molecule has 9 heteroatoms. The van der Waals surface area contributed by atoms with Crippen molar-refractivity contribution in [3.05, 3.63) is 111 Å². The first-order valence-electron chi connectivity index (χ1n) is 12.6. The van der Waals surface area contributed by atoms with E-state index in [4.69, 9.17) is 4.74 Å². The molecule has 9 nitrogen and oxygen atoms in total. The van der Waals surface area contributed by atoms with E-state index < -0.39 is 22.7 Å². The van der Waals surface area contributed by atoms with Crippen LogP contribution in [0.3, 0.4) is 0 Å². The Morgan fingerprint density at radius 1 is 1.05 bits per heavy atom. The molecule has 1 atom stereocenters. The van der Waals surface area contributed by atoms with E-state index in [-0.39, 0.29) is 23.6 Å². The van der Waals surface area contributed by atoms with Crippen LogP contribution in [-0.4, -0.2) is 58.7 Å². The molecule has 0 bridgehead atoms. The summed E-state index contributed by atoms with van der Waals surface area (Å²) in [6.45, 7) is 3.37. The fourth-order valence-electron chi connectivity index (χ4n) is 4.63. The van der Waals surface area contributed by atoms with Crippen LogP contribution in [0.1, 0.15) is 34.7 Å². The Kier molecular flexibility index (Phi) is 8.41. The van der Waals surface area contributed by atoms with Crippen LogP contribution in [0.5, 0.6) is 5.75 Å². The SMILES string of the molecule is Cc1cccc(COc2ccc(C(O)=C3C(=O)C(=O)N(CCCN(C)C)C3c3ccc([N+](=O)[O-])cc3)cc2)c1. The molecule has 0 aliphatic carbocycles. The smallest absolute Gasteiger partial charge is 0.295 e. The molecule has 1 fully saturated rings. The standard InChI is InChI=1S/C30H31N3O6/c1-20-6-4-7-21(18-20)19-39-25-14-10-23(11-15-25)28(34)26-27(22-8-12-24(13-9-22)33(37)38)32(30(36)29(26)35)17-5-16-31(2)3/h4,6-15,18,27,34H,5,16-17,19H2,1-3H3. The molecule has 1 amide bonds. The molecule has 1 unspecified atom stereocenters. The molecule has 39 heavy (non-hydrogen) atoms. The van der Waals surface area contributed by atoms with Crippen LogP contribution in [0.2, 0.25) is 0 Å². The van der Waals surface area contributed by atoms with Gasteiger partial charge in [0.1, 0.15) is 18.1 Å². The quantitative estimate of drug-likeness (QED) is 0.131. The maximum absolute atomic E-state index is 13.2. The Hall–Kier alpha value is -4.50. The summed E-state index contributed by atoms with van der Waals surface area (Å²) in [5.41, 5.74) is 2.87. The molecular formula is C30H31N3O6. The van der Waals surface area contributed by atoms with Crippen LogP contribution in [0, 0.1) is 17.0 Å². The fourth-order valence-corrected chi connectivity index (χ4v) is 4.63. The van der Waals surface area contributed by atoms with Crippen molar-refractivity contribution in [1.82, 2.24) is 9.80 Å². The summed E-state index contributed by atoms with van der Waals surface area (Å²) < 4.78 is 5.86. The van der Waals surface area contributed by atoms with Crippen molar-refractivity contribution in [1.29, 1.82) is 0 Å². The fraction of sp³-hybridized carbons (Fsp3) is 0.267. The Balaban J connectivity index is 1.64. The second kappa shape index (κ2) is 11.9. The minimum absolute atomic E-state index is 0.0489. The van der Waals surface area contributed by atoms with Gasteiger partial charge in [-0.15, -0.1) is 0 Å². The molecule has 1 N–H and O–H groups in total. The number of likely N-dealkylation sites (tertiary alicyclic amines) is 1. The van der Waals surface area contributed by atoms with Crippen molar-refractivity contribution in [2.75, 3.05) is 27.2 Å². The van der Waals surface area contributed by atoms with Crippen molar-refractivity contribution >= 4 is 23.1 Å². The van der Waals surface area contributed by atoms with Gasteiger partial charge in [-0.05, 0) is 81.5 Å². The zero-order valence-electron chi connectivity index (χ0n) is 22.2. The molecule has 0 saturated carbocycles. The van der Waals surface area contributed by atoms with Crippen LogP contribution in [0.25, 0.3) is 5.76 Å². The zero-order chi connectivity index (χ0) is 28.1. The van der Waals surface area contributed by atoms with Gasteiger partial charge in [0.2, 0.25) is 0 Å². The largest absolute Gasteiger partial charge is 0.507 e. The molecule has 1 aliphatic rings. The average Bonchev–Trinajstić information content (AvgIpc) is 3.17. The Morgan fingerprint density at radius 3 is 2.36 bits per heavy atom. The summed E-state index contributed by atoms with van der Waals surface area (Å²) in [6, 6.07) is 19.5. The number of aliphatic hydroxyl groups excluding tert-OH is 1. The summed E-state index contributed by atoms with van der Waals surface area (Å²) >= 11 is 0. The molecule has 1 aliphatic heterocycles. The second-order valence-electron chi connectivity index (χ2n) is 9.80. The average molecular weight is 530 g/mol. The molecule has 202 valence electrons. The molecule has 1 saturated heterocycles. The number of aliphatic hydroxyl groups is 1. The maximum Gasteiger partial charge on any atom is 0.295 e. The van der Waals surface area contributed by atoms with E-state index >= 15 is 0 Å². The van der Waals surface area contributed by atoms with Gasteiger partial charge in [0.15, 0.2) is 0 Å². The maximum atomic E-state index is 13.2. The second-order valence-corrected chi connectivity index (χ2v) is 9.80. The Bertz CT molecular complexity index is 1400. The molecule has 0 aromatic heterocycles. The van der Waals surface area contributed by atoms with E-state index in [1.165, 1.54) is 29.2 Å². The van der Waals surface area contributed by atoms with Crippen molar-refractivity contribution < 1.29 is 24.4 Å². The molecule has 3 aromatic carbocycles. The predicted molar refractivity (Wildman–Crippen MR) is 147 cm³/mol. The van der Waals surface area contributed by atoms with Crippen LogP contribution < -0.4 is 4.74 Å². The van der Waals surface area contributed by atoms with E-state index in [1.807, 2.05) is 50.2 Å². The third-order valence-corrected chi connectivity index (χ3v) is 6.58. The first-order valence-corrected chi connectivity index (χ1v) is 12.6. The molecule has 0 radical (unpaired) electrons. The van der Waals surface area contributed by atoms with Gasteiger partial charge < -0.3 is 19.6 Å². The van der Waals surface area contributed by atoms with Gasteiger partial charge in [-0.2, -0.15) is 0 Å². The molecule has 3 aromatic rings. The van der Waals surface area contributed by atoms with Gasteiger partial charge >= 0.3 is 0 Å². The molecular weight excluding hydrogens is 498 g/mol. The first kappa shape index (κ1) is 27.5. The number of nitro benzene ring substituents is 1. The van der Waals surface area contributed by atoms with Gasteiger partial charge in [0, 0.05) is 24.2 Å². The van der Waals surface area contributed by atoms with Gasteiger partial charge in [0.05, 0.1) is 16.5 Å². The van der Waals surface area contributed by atoms with Crippen molar-refractivity contribution in [2.24, 2.45) is 0 Å². The monoisotopic (exact) mass is 529 g/mol. The van der Waals surface area contributed by atoms with Crippen LogP contribution in [0.4, 0.5) is 5.69 Å². The predicted octanol–water partition coefficient (Wildman–Crippen LogP) is 4.86. The van der Waals surface area contributed by atoms with Gasteiger partial charge in [-0.1, -0.05) is 29.8 Å². The number of non-ortho nitro benzene ring substituents is 1. The van der Waals surface area contributed by atoms with Crippen LogP contribution in [-0.2, 0) is 16.2 Å². The number of amides is 1. The van der Waals surface area contributed by atoms with Crippen molar-refractivity contribution in [2.45, 2.75) is 26.0 Å². The lowest BCUT2D eigenvalue weighted by molar-refractivity contribution is -0.384. The Morgan fingerprint density at radius 2 is 1.74 bits per heavy atom. The number of hydrogen-bond donors (Lipinski definition) is 1. The number of Topliss-reactive ketones (excluding diaryl/α,β-unsaturated/α-hetero) is 1. The number of carbonyl (C=O) groups excluding carboxylic acids is 2. The number of nitro groups is 1. The third kappa shape index (κ3) is 6.32. The van der Waals surface area contributed by atoms with Crippen LogP contribution in [0.15, 0.2) is 78.4 Å². The number of aryl methyl sites for hydroxylation is 1. The summed E-state index contributed by atoms with van der Waals surface area (Å²) in [5, 5.41) is 22.4. The zero-order valence-corrected chi connectivity index (χ0v) is 22.2. The number of carbonyl (C=O) groups is 2. The first-order chi connectivity index (χ1) is 18.7. The molecule has 4 rings (SSSR count). The van der Waals surface area contributed by atoms with Gasteiger partial charge in [0.25, 0.3) is 17.4 Å². The lowest BCUT2D eigenvalue weighted by atomic mass is 9.95. The highest BCUT2D eigenvalue weighted by molar-refractivity contribution is 6.46. The van der Waals surface area contributed by atoms with Crippen molar-refractivity contribution in [3.63, 3.8) is 0 Å². The van der Waals surface area contributed by atoms with Gasteiger partial charge in [-0.3, -0.25) is 19.7 Å². The van der Waals surface area contributed by atoms with E-state index in [0.29, 0.717) is 36.4 Å². The minimum Gasteiger partial charge on any atom is -0.507 e. The van der Waals surface area contributed by atoms with E-state index in [9.17, 15) is 24.8 Å². The number of rotatable bonds is 10. The number of ether oxygens (including phenoxy) is 1. The molecule has 0 spiro atoms. The van der Waals surface area contributed by atoms with E-state index in [0.717, 1.165) is 11.1 Å². The van der Waals surface area contributed by atoms with E-state index in [2.05, 4.69) is 0 Å². The highest BCUT2D eigenvalue weighted by atomic mass is 16.6. The highest BCUT2D eigenvalue weighted by Gasteiger charge is 2.45. The lowest BCUT2D eigenvalue weighted by Crippen LogP contribution is -2.32. The number of hydrogen-bond acceptors (Lipinski definition) is 7. The van der Waals surface area contributed by atoms with Crippen LogP contribution >= 0.6 is 0 Å². The number of nitrogens with zero attached hydrogens (tertiary/aromatic N) is 3.